The van der Waals surface area contributed by atoms with E-state index in [2.05, 4.69) is 4.98 Å². The molecule has 0 fully saturated rings. The van der Waals surface area contributed by atoms with Crippen molar-refractivity contribution < 1.29 is 4.74 Å². The Bertz CT molecular complexity index is 577. The smallest absolute Gasteiger partial charge is 0.135 e. The molecule has 1 aromatic heterocycles. The lowest BCUT2D eigenvalue weighted by atomic mass is 10.1. The highest BCUT2D eigenvalue weighted by Crippen LogP contribution is 2.24. The van der Waals surface area contributed by atoms with Gasteiger partial charge in [-0.3, -0.25) is 5.41 Å². The Morgan fingerprint density at radius 2 is 2.17 bits per heavy atom. The molecule has 5 heteroatoms. The highest BCUT2D eigenvalue weighted by Gasteiger charge is 2.11. The van der Waals surface area contributed by atoms with Crippen LogP contribution in [-0.4, -0.2) is 17.9 Å². The number of methoxy groups -OCH3 is 1. The zero-order chi connectivity index (χ0) is 13.1. The molecule has 94 valence electrons. The van der Waals surface area contributed by atoms with Gasteiger partial charge in [0.25, 0.3) is 0 Å². The molecule has 0 unspecified atom stereocenters. The van der Waals surface area contributed by atoms with E-state index in [1.165, 1.54) is 11.3 Å². The van der Waals surface area contributed by atoms with Gasteiger partial charge >= 0.3 is 0 Å². The molecular formula is C13H15N3OS. The molecule has 0 aliphatic carbocycles. The van der Waals surface area contributed by atoms with Crippen LogP contribution in [-0.2, 0) is 6.42 Å². The fraction of sp³-hybridized carbons (Fsp3) is 0.231. The van der Waals surface area contributed by atoms with Crippen molar-refractivity contribution in [1.29, 1.82) is 5.41 Å². The summed E-state index contributed by atoms with van der Waals surface area (Å²) in [7, 11) is 1.66. The van der Waals surface area contributed by atoms with Crippen molar-refractivity contribution in [3.63, 3.8) is 0 Å². The van der Waals surface area contributed by atoms with Crippen LogP contribution < -0.4 is 10.5 Å². The lowest BCUT2D eigenvalue weighted by Gasteiger charge is -2.05. The van der Waals surface area contributed by atoms with E-state index in [0.717, 1.165) is 26.9 Å². The van der Waals surface area contributed by atoms with Crippen LogP contribution in [0.4, 0.5) is 0 Å². The molecule has 0 aliphatic rings. The van der Waals surface area contributed by atoms with E-state index in [1.54, 1.807) is 7.11 Å². The molecule has 4 nitrogen and oxygen atoms in total. The van der Waals surface area contributed by atoms with Gasteiger partial charge in [-0.05, 0) is 13.0 Å². The van der Waals surface area contributed by atoms with Crippen LogP contribution in [0.3, 0.4) is 0 Å². The summed E-state index contributed by atoms with van der Waals surface area (Å²) in [6, 6.07) is 7.87. The molecule has 0 atom stereocenters. The number of rotatable bonds is 4. The Morgan fingerprint density at radius 1 is 1.44 bits per heavy atom. The van der Waals surface area contributed by atoms with E-state index in [-0.39, 0.29) is 5.84 Å². The average Bonchev–Trinajstić information content (AvgIpc) is 2.71. The first-order valence-corrected chi connectivity index (χ1v) is 6.36. The number of para-hydroxylation sites is 1. The van der Waals surface area contributed by atoms with Crippen molar-refractivity contribution >= 4 is 17.2 Å². The maximum absolute atomic E-state index is 7.47. The summed E-state index contributed by atoms with van der Waals surface area (Å²) in [5.41, 5.74) is 7.41. The average molecular weight is 261 g/mol. The molecule has 0 saturated heterocycles. The Morgan fingerprint density at radius 3 is 2.78 bits per heavy atom. The van der Waals surface area contributed by atoms with Crippen molar-refractivity contribution in [2.75, 3.05) is 7.11 Å². The number of thiazole rings is 1. The molecule has 3 N–H and O–H groups in total. The molecule has 0 aliphatic heterocycles. The lowest BCUT2D eigenvalue weighted by molar-refractivity contribution is 0.410. The molecule has 0 saturated carbocycles. The number of ether oxygens (including phenoxy) is 1. The number of hydrogen-bond acceptors (Lipinski definition) is 4. The van der Waals surface area contributed by atoms with Crippen molar-refractivity contribution in [2.45, 2.75) is 13.3 Å². The van der Waals surface area contributed by atoms with E-state index in [4.69, 9.17) is 15.9 Å². The largest absolute Gasteiger partial charge is 0.496 e. The Hall–Kier alpha value is -1.88. The number of hydrogen-bond donors (Lipinski definition) is 2. The van der Waals surface area contributed by atoms with E-state index in [1.807, 2.05) is 31.2 Å². The van der Waals surface area contributed by atoms with Gasteiger partial charge in [0.05, 0.1) is 22.7 Å². The van der Waals surface area contributed by atoms with Crippen molar-refractivity contribution in [2.24, 2.45) is 5.73 Å². The monoisotopic (exact) mass is 261 g/mol. The summed E-state index contributed by atoms with van der Waals surface area (Å²) in [5, 5.41) is 8.42. The van der Waals surface area contributed by atoms with Crippen LogP contribution >= 0.6 is 11.3 Å². The molecule has 2 aromatic rings. The van der Waals surface area contributed by atoms with Gasteiger partial charge in [0.2, 0.25) is 0 Å². The minimum Gasteiger partial charge on any atom is -0.496 e. The first-order valence-electron chi connectivity index (χ1n) is 5.54. The van der Waals surface area contributed by atoms with Crippen molar-refractivity contribution in [1.82, 2.24) is 4.98 Å². The fourth-order valence-corrected chi connectivity index (χ4v) is 2.74. The Kier molecular flexibility index (Phi) is 3.62. The van der Waals surface area contributed by atoms with Gasteiger partial charge < -0.3 is 10.5 Å². The second-order valence-corrected chi connectivity index (χ2v) is 5.01. The maximum Gasteiger partial charge on any atom is 0.135 e. The van der Waals surface area contributed by atoms with Gasteiger partial charge in [-0.1, -0.05) is 18.2 Å². The van der Waals surface area contributed by atoms with Gasteiger partial charge in [-0.25, -0.2) is 4.98 Å². The molecule has 0 spiro atoms. The van der Waals surface area contributed by atoms with E-state index >= 15 is 0 Å². The first kappa shape index (κ1) is 12.6. The summed E-state index contributed by atoms with van der Waals surface area (Å²) < 4.78 is 5.31. The van der Waals surface area contributed by atoms with Crippen LogP contribution in [0.5, 0.6) is 5.75 Å². The van der Waals surface area contributed by atoms with Crippen LogP contribution in [0.25, 0.3) is 0 Å². The van der Waals surface area contributed by atoms with Crippen LogP contribution in [0.1, 0.15) is 21.1 Å². The van der Waals surface area contributed by atoms with Gasteiger partial charge in [-0.2, -0.15) is 0 Å². The third-order valence-electron chi connectivity index (χ3n) is 2.62. The predicted octanol–water partition coefficient (Wildman–Crippen LogP) is 2.33. The number of nitrogens with one attached hydrogen (secondary N) is 1. The second kappa shape index (κ2) is 5.18. The van der Waals surface area contributed by atoms with Gasteiger partial charge in [0.1, 0.15) is 11.6 Å². The fourth-order valence-electron chi connectivity index (χ4n) is 1.79. The maximum atomic E-state index is 7.47. The minimum atomic E-state index is 0.0799. The zero-order valence-electron chi connectivity index (χ0n) is 10.4. The molecule has 0 bridgehead atoms. The molecular weight excluding hydrogens is 246 g/mol. The van der Waals surface area contributed by atoms with Gasteiger partial charge in [0, 0.05) is 12.0 Å². The standard InChI is InChI=1S/C13H15N3OS/c1-8-12(13(14)15)18-11(16-8)7-9-5-3-4-6-10(9)17-2/h3-6H,7H2,1-2H3,(H3,14,15). The van der Waals surface area contributed by atoms with E-state index in [0.29, 0.717) is 6.42 Å². The Labute approximate surface area is 110 Å². The van der Waals surface area contributed by atoms with Crippen molar-refractivity contribution in [3.8, 4) is 5.75 Å². The Balaban J connectivity index is 2.29. The SMILES string of the molecule is COc1ccccc1Cc1nc(C)c(C(=N)N)s1. The molecule has 0 amide bonds. The summed E-state index contributed by atoms with van der Waals surface area (Å²) in [5.74, 6) is 0.936. The number of nitrogens with two attached hydrogens (primary N) is 1. The number of aryl methyl sites for hydroxylation is 1. The van der Waals surface area contributed by atoms with Crippen LogP contribution in [0, 0.1) is 12.3 Å². The number of benzene rings is 1. The summed E-state index contributed by atoms with van der Waals surface area (Å²) >= 11 is 1.47. The number of aromatic nitrogens is 1. The lowest BCUT2D eigenvalue weighted by Crippen LogP contribution is -2.10. The van der Waals surface area contributed by atoms with Gasteiger partial charge in [0.15, 0.2) is 0 Å². The number of nitrogens with zero attached hydrogens (tertiary/aromatic N) is 1. The number of nitrogen functional groups attached to an aromatic ring is 1. The van der Waals surface area contributed by atoms with Gasteiger partial charge in [-0.15, -0.1) is 11.3 Å². The summed E-state index contributed by atoms with van der Waals surface area (Å²) in [6.07, 6.45) is 0.697. The summed E-state index contributed by atoms with van der Waals surface area (Å²) in [6.45, 7) is 1.87. The third-order valence-corrected chi connectivity index (χ3v) is 3.81. The van der Waals surface area contributed by atoms with Crippen LogP contribution in [0.15, 0.2) is 24.3 Å². The third kappa shape index (κ3) is 2.51. The highest BCUT2D eigenvalue weighted by molar-refractivity contribution is 7.13. The normalized spacial score (nSPS) is 10.3. The first-order chi connectivity index (χ1) is 8.61. The zero-order valence-corrected chi connectivity index (χ0v) is 11.2. The van der Waals surface area contributed by atoms with E-state index in [9.17, 15) is 0 Å². The molecule has 2 rings (SSSR count). The van der Waals surface area contributed by atoms with E-state index < -0.39 is 0 Å². The molecule has 1 aromatic carbocycles. The van der Waals surface area contributed by atoms with Crippen molar-refractivity contribution in [3.05, 3.63) is 45.4 Å². The quantitative estimate of drug-likeness (QED) is 0.655. The minimum absolute atomic E-state index is 0.0799. The predicted molar refractivity (Wildman–Crippen MR) is 73.7 cm³/mol. The van der Waals surface area contributed by atoms with Crippen LogP contribution in [0.2, 0.25) is 0 Å². The number of amidine groups is 1. The molecule has 0 radical (unpaired) electrons. The highest BCUT2D eigenvalue weighted by atomic mass is 32.1. The molecule has 1 heterocycles. The summed E-state index contributed by atoms with van der Waals surface area (Å²) in [4.78, 5) is 5.19. The topological polar surface area (TPSA) is 72.0 Å². The second-order valence-electron chi connectivity index (χ2n) is 3.92. The molecule has 18 heavy (non-hydrogen) atoms.